The number of aromatic hydroxyl groups is 1. The number of carbonyl (C=O) groups is 1. The summed E-state index contributed by atoms with van der Waals surface area (Å²) in [6.45, 7) is 0. The number of nitrogens with one attached hydrogen (secondary N) is 1. The lowest BCUT2D eigenvalue weighted by Crippen LogP contribution is -2.32. The normalized spacial score (nSPS) is 16.0. The van der Waals surface area contributed by atoms with Crippen LogP contribution in [0.15, 0.2) is 42.5 Å². The molecule has 0 fully saturated rings. The van der Waals surface area contributed by atoms with Crippen LogP contribution in [-0.2, 0) is 11.2 Å². The van der Waals surface area contributed by atoms with Crippen LogP contribution < -0.4 is 5.32 Å². The molecule has 22 heavy (non-hydrogen) atoms. The van der Waals surface area contributed by atoms with E-state index in [2.05, 4.69) is 17.2 Å². The van der Waals surface area contributed by atoms with Gasteiger partial charge in [0.2, 0.25) is 5.78 Å². The SMILES string of the molecule is O=C(C#Cc1cccc(Cl)c1)C1CCc2ccc(O)cc2N1. The highest BCUT2D eigenvalue weighted by Gasteiger charge is 2.22. The smallest absolute Gasteiger partial charge is 0.227 e. The van der Waals surface area contributed by atoms with Crippen molar-refractivity contribution < 1.29 is 9.90 Å². The van der Waals surface area contributed by atoms with Gasteiger partial charge in [-0.15, -0.1) is 0 Å². The molecular weight excluding hydrogens is 298 g/mol. The average Bonchev–Trinajstić information content (AvgIpc) is 2.52. The van der Waals surface area contributed by atoms with E-state index in [1.165, 1.54) is 0 Å². The quantitative estimate of drug-likeness (QED) is 0.794. The first kappa shape index (κ1) is 14.5. The molecule has 0 spiro atoms. The van der Waals surface area contributed by atoms with Gasteiger partial charge >= 0.3 is 0 Å². The minimum atomic E-state index is -0.346. The van der Waals surface area contributed by atoms with Crippen LogP contribution in [0.25, 0.3) is 0 Å². The zero-order valence-electron chi connectivity index (χ0n) is 11.8. The fourth-order valence-electron chi connectivity index (χ4n) is 2.46. The number of halogens is 1. The molecule has 1 atom stereocenters. The summed E-state index contributed by atoms with van der Waals surface area (Å²) in [5.41, 5.74) is 2.62. The highest BCUT2D eigenvalue weighted by atomic mass is 35.5. The molecule has 0 radical (unpaired) electrons. The van der Waals surface area contributed by atoms with Gasteiger partial charge in [0.25, 0.3) is 0 Å². The van der Waals surface area contributed by atoms with Gasteiger partial charge in [-0.1, -0.05) is 29.7 Å². The molecule has 1 aliphatic heterocycles. The molecule has 0 bridgehead atoms. The molecule has 1 unspecified atom stereocenters. The summed E-state index contributed by atoms with van der Waals surface area (Å²) >= 11 is 5.89. The number of ketones is 1. The summed E-state index contributed by atoms with van der Waals surface area (Å²) in [4.78, 5) is 12.2. The first-order valence-electron chi connectivity index (χ1n) is 7.02. The second-order valence-electron chi connectivity index (χ2n) is 5.20. The first-order chi connectivity index (χ1) is 10.6. The molecule has 1 heterocycles. The van der Waals surface area contributed by atoms with Gasteiger partial charge in [0.1, 0.15) is 5.75 Å². The number of Topliss-reactive ketones (excluding diaryl/α,β-unsaturated/α-hetero) is 1. The third-order valence-corrected chi connectivity index (χ3v) is 3.83. The van der Waals surface area contributed by atoms with E-state index in [1.807, 2.05) is 12.1 Å². The molecule has 0 saturated carbocycles. The van der Waals surface area contributed by atoms with E-state index in [0.717, 1.165) is 23.2 Å². The standard InChI is InChI=1S/C18H14ClNO2/c19-14-3-1-2-12(10-14)4-9-18(22)16-8-6-13-5-7-15(21)11-17(13)20-16/h1-3,5,7,10-11,16,20-21H,6,8H2. The van der Waals surface area contributed by atoms with E-state index in [-0.39, 0.29) is 17.6 Å². The van der Waals surface area contributed by atoms with E-state index < -0.39 is 0 Å². The summed E-state index contributed by atoms with van der Waals surface area (Å²) < 4.78 is 0. The van der Waals surface area contributed by atoms with E-state index in [0.29, 0.717) is 11.4 Å². The maximum atomic E-state index is 12.2. The number of hydrogen-bond acceptors (Lipinski definition) is 3. The Morgan fingerprint density at radius 3 is 2.95 bits per heavy atom. The van der Waals surface area contributed by atoms with Crippen molar-refractivity contribution in [3.63, 3.8) is 0 Å². The largest absolute Gasteiger partial charge is 0.508 e. The summed E-state index contributed by atoms with van der Waals surface area (Å²) in [5, 5.41) is 13.3. The van der Waals surface area contributed by atoms with Crippen molar-refractivity contribution in [1.82, 2.24) is 0 Å². The summed E-state index contributed by atoms with van der Waals surface area (Å²) in [7, 11) is 0. The number of fused-ring (bicyclic) bond motifs is 1. The third kappa shape index (κ3) is 3.24. The van der Waals surface area contributed by atoms with Crippen LogP contribution in [-0.4, -0.2) is 16.9 Å². The van der Waals surface area contributed by atoms with Crippen LogP contribution >= 0.6 is 11.6 Å². The van der Waals surface area contributed by atoms with E-state index in [1.54, 1.807) is 30.3 Å². The third-order valence-electron chi connectivity index (χ3n) is 3.60. The molecule has 2 N–H and O–H groups in total. The molecule has 4 heteroatoms. The predicted molar refractivity (Wildman–Crippen MR) is 87.2 cm³/mol. The van der Waals surface area contributed by atoms with E-state index >= 15 is 0 Å². The number of hydrogen-bond donors (Lipinski definition) is 2. The summed E-state index contributed by atoms with van der Waals surface area (Å²) in [6.07, 6.45) is 1.48. The number of rotatable bonds is 1. The van der Waals surface area contributed by atoms with Crippen LogP contribution in [0.5, 0.6) is 5.75 Å². The minimum Gasteiger partial charge on any atom is -0.508 e. The van der Waals surface area contributed by atoms with Gasteiger partial charge in [-0.05, 0) is 48.6 Å². The van der Waals surface area contributed by atoms with Crippen molar-refractivity contribution in [1.29, 1.82) is 0 Å². The molecule has 3 nitrogen and oxygen atoms in total. The lowest BCUT2D eigenvalue weighted by atomic mass is 9.95. The topological polar surface area (TPSA) is 49.3 Å². The molecule has 2 aromatic carbocycles. The fraction of sp³-hybridized carbons (Fsp3) is 0.167. The number of aryl methyl sites for hydroxylation is 1. The minimum absolute atomic E-state index is 0.158. The summed E-state index contributed by atoms with van der Waals surface area (Å²) in [6, 6.07) is 11.9. The Labute approximate surface area is 133 Å². The number of anilines is 1. The van der Waals surface area contributed by atoms with Crippen LogP contribution in [0, 0.1) is 11.8 Å². The molecule has 0 aliphatic carbocycles. The number of phenols is 1. The molecule has 0 saturated heterocycles. The molecule has 110 valence electrons. The predicted octanol–water partition coefficient (Wildman–Crippen LogP) is 3.39. The van der Waals surface area contributed by atoms with Crippen molar-refractivity contribution in [3.8, 4) is 17.6 Å². The fourth-order valence-corrected chi connectivity index (χ4v) is 2.65. The monoisotopic (exact) mass is 311 g/mol. The van der Waals surface area contributed by atoms with Gasteiger partial charge in [-0.2, -0.15) is 0 Å². The highest BCUT2D eigenvalue weighted by molar-refractivity contribution is 6.30. The molecule has 1 aliphatic rings. The lowest BCUT2D eigenvalue weighted by Gasteiger charge is -2.24. The van der Waals surface area contributed by atoms with Crippen molar-refractivity contribution >= 4 is 23.1 Å². The van der Waals surface area contributed by atoms with Crippen LogP contribution in [0.3, 0.4) is 0 Å². The number of benzene rings is 2. The molecule has 2 aromatic rings. The molecule has 0 aromatic heterocycles. The molecule has 0 amide bonds. The van der Waals surface area contributed by atoms with Gasteiger partial charge in [0.05, 0.1) is 6.04 Å². The second-order valence-corrected chi connectivity index (χ2v) is 5.64. The Bertz CT molecular complexity index is 789. The first-order valence-corrected chi connectivity index (χ1v) is 7.39. The number of carbonyl (C=O) groups excluding carboxylic acids is 1. The highest BCUT2D eigenvalue weighted by Crippen LogP contribution is 2.28. The van der Waals surface area contributed by atoms with E-state index in [4.69, 9.17) is 11.6 Å². The Morgan fingerprint density at radius 2 is 2.14 bits per heavy atom. The van der Waals surface area contributed by atoms with Crippen molar-refractivity contribution in [2.75, 3.05) is 5.32 Å². The zero-order chi connectivity index (χ0) is 15.5. The van der Waals surface area contributed by atoms with Gasteiger partial charge in [-0.3, -0.25) is 4.79 Å². The van der Waals surface area contributed by atoms with Crippen molar-refractivity contribution in [3.05, 3.63) is 58.6 Å². The Kier molecular flexibility index (Phi) is 4.04. The van der Waals surface area contributed by atoms with Gasteiger partial charge in [0, 0.05) is 22.3 Å². The van der Waals surface area contributed by atoms with Gasteiger partial charge in [0.15, 0.2) is 0 Å². The Morgan fingerprint density at radius 1 is 1.27 bits per heavy atom. The molecular formula is C18H14ClNO2. The molecule has 3 rings (SSSR count). The van der Waals surface area contributed by atoms with Crippen LogP contribution in [0.4, 0.5) is 5.69 Å². The van der Waals surface area contributed by atoms with Crippen molar-refractivity contribution in [2.24, 2.45) is 0 Å². The van der Waals surface area contributed by atoms with Gasteiger partial charge < -0.3 is 10.4 Å². The second kappa shape index (κ2) is 6.13. The van der Waals surface area contributed by atoms with Gasteiger partial charge in [-0.25, -0.2) is 0 Å². The summed E-state index contributed by atoms with van der Waals surface area (Å²) in [5.74, 6) is 5.54. The number of phenolic OH excluding ortho intramolecular Hbond substituents is 1. The zero-order valence-corrected chi connectivity index (χ0v) is 12.5. The van der Waals surface area contributed by atoms with Crippen LogP contribution in [0.1, 0.15) is 17.5 Å². The van der Waals surface area contributed by atoms with Crippen LogP contribution in [0.2, 0.25) is 5.02 Å². The van der Waals surface area contributed by atoms with E-state index in [9.17, 15) is 9.90 Å². The average molecular weight is 312 g/mol. The maximum absolute atomic E-state index is 12.2. The Hall–Kier alpha value is -2.44. The van der Waals surface area contributed by atoms with Crippen molar-refractivity contribution in [2.45, 2.75) is 18.9 Å². The maximum Gasteiger partial charge on any atom is 0.227 e. The lowest BCUT2D eigenvalue weighted by molar-refractivity contribution is -0.114. The Balaban J connectivity index is 1.75.